The van der Waals surface area contributed by atoms with Crippen LogP contribution in [0.25, 0.3) is 10.9 Å². The lowest BCUT2D eigenvalue weighted by molar-refractivity contribution is 0.102. The molecule has 0 spiro atoms. The summed E-state index contributed by atoms with van der Waals surface area (Å²) in [6, 6.07) is 9.11. The Labute approximate surface area is 171 Å². The van der Waals surface area contributed by atoms with Gasteiger partial charge in [-0.15, -0.1) is 0 Å². The molecule has 0 atom stereocenters. The molecular weight excluding hydrogens is 364 g/mol. The fraction of sp³-hybridized carbons (Fsp3) is 0.364. The first-order chi connectivity index (χ1) is 13.7. The van der Waals surface area contributed by atoms with Gasteiger partial charge in [-0.1, -0.05) is 27.7 Å². The lowest BCUT2D eigenvalue weighted by Gasteiger charge is -2.30. The van der Waals surface area contributed by atoms with E-state index in [0.29, 0.717) is 34.5 Å². The zero-order valence-corrected chi connectivity index (χ0v) is 17.5. The number of nitrogen functional groups attached to an aromatic ring is 2. The fourth-order valence-electron chi connectivity index (χ4n) is 3.43. The van der Waals surface area contributed by atoms with Crippen molar-refractivity contribution in [3.05, 3.63) is 42.1 Å². The molecule has 0 bridgehead atoms. The monoisotopic (exact) mass is 394 g/mol. The normalized spacial score (nSPS) is 11.4. The SMILES string of the molecule is CC(C)CN(CC(C)C)c1cc(N)c(N)cc1C(=O)Nc1ccc2cn[nH]c2c1. The summed E-state index contributed by atoms with van der Waals surface area (Å²) in [4.78, 5) is 15.4. The highest BCUT2D eigenvalue weighted by molar-refractivity contribution is 6.10. The van der Waals surface area contributed by atoms with Crippen LogP contribution in [0.5, 0.6) is 0 Å². The molecule has 0 aliphatic carbocycles. The number of nitrogens with zero attached hydrogens (tertiary/aromatic N) is 2. The molecule has 0 saturated carbocycles. The smallest absolute Gasteiger partial charge is 0.257 e. The average molecular weight is 395 g/mol. The van der Waals surface area contributed by atoms with Gasteiger partial charge in [-0.05, 0) is 42.2 Å². The van der Waals surface area contributed by atoms with Gasteiger partial charge in [-0.25, -0.2) is 0 Å². The van der Waals surface area contributed by atoms with Crippen LogP contribution in [0.3, 0.4) is 0 Å². The quantitative estimate of drug-likeness (QED) is 0.451. The second-order valence-corrected chi connectivity index (χ2v) is 8.32. The van der Waals surface area contributed by atoms with Gasteiger partial charge in [0.25, 0.3) is 5.91 Å². The summed E-state index contributed by atoms with van der Waals surface area (Å²) in [6.45, 7) is 10.3. The van der Waals surface area contributed by atoms with Crippen LogP contribution in [0.4, 0.5) is 22.7 Å². The summed E-state index contributed by atoms with van der Waals surface area (Å²) >= 11 is 0. The van der Waals surface area contributed by atoms with E-state index in [2.05, 4.69) is 48.1 Å². The topological polar surface area (TPSA) is 113 Å². The van der Waals surface area contributed by atoms with Crippen molar-refractivity contribution >= 4 is 39.6 Å². The molecule has 1 amide bonds. The number of rotatable bonds is 7. The van der Waals surface area contributed by atoms with Crippen LogP contribution in [-0.2, 0) is 0 Å². The number of aromatic amines is 1. The summed E-state index contributed by atoms with van der Waals surface area (Å²) in [5.41, 5.74) is 15.9. The predicted molar refractivity (Wildman–Crippen MR) is 121 cm³/mol. The first-order valence-electron chi connectivity index (χ1n) is 9.93. The number of hydrogen-bond donors (Lipinski definition) is 4. The van der Waals surface area contributed by atoms with Crippen LogP contribution in [0.2, 0.25) is 0 Å². The number of H-pyrrole nitrogens is 1. The molecule has 0 unspecified atom stereocenters. The first kappa shape index (κ1) is 20.5. The van der Waals surface area contributed by atoms with Gasteiger partial charge in [0.1, 0.15) is 0 Å². The molecule has 0 aliphatic rings. The molecule has 3 rings (SSSR count). The van der Waals surface area contributed by atoms with E-state index in [0.717, 1.165) is 29.7 Å². The van der Waals surface area contributed by atoms with E-state index < -0.39 is 0 Å². The third kappa shape index (κ3) is 4.80. The fourth-order valence-corrected chi connectivity index (χ4v) is 3.43. The van der Waals surface area contributed by atoms with Crippen LogP contribution >= 0.6 is 0 Å². The number of anilines is 4. The number of amides is 1. The number of nitrogens with one attached hydrogen (secondary N) is 2. The number of benzene rings is 2. The highest BCUT2D eigenvalue weighted by atomic mass is 16.1. The lowest BCUT2D eigenvalue weighted by atomic mass is 10.0. The van der Waals surface area contributed by atoms with E-state index in [1.807, 2.05) is 24.3 Å². The highest BCUT2D eigenvalue weighted by Gasteiger charge is 2.20. The molecule has 0 fully saturated rings. The van der Waals surface area contributed by atoms with Crippen molar-refractivity contribution in [3.63, 3.8) is 0 Å². The van der Waals surface area contributed by atoms with Crippen LogP contribution in [0.15, 0.2) is 36.5 Å². The van der Waals surface area contributed by atoms with Gasteiger partial charge in [0.05, 0.1) is 34.3 Å². The zero-order chi connectivity index (χ0) is 21.1. The van der Waals surface area contributed by atoms with Crippen LogP contribution in [-0.4, -0.2) is 29.2 Å². The molecule has 7 nitrogen and oxygen atoms in total. The Balaban J connectivity index is 1.97. The molecule has 0 radical (unpaired) electrons. The summed E-state index contributed by atoms with van der Waals surface area (Å²) in [6.07, 6.45) is 1.75. The standard InChI is InChI=1S/C22H30N6O/c1-13(2)11-28(12-14(3)4)21-9-19(24)18(23)8-17(21)22(29)26-16-6-5-15-10-25-27-20(15)7-16/h5-10,13-14H,11-12,23-24H2,1-4H3,(H,25,27)(H,26,29). The van der Waals surface area contributed by atoms with Crippen LogP contribution < -0.4 is 21.7 Å². The minimum absolute atomic E-state index is 0.219. The minimum atomic E-state index is -0.219. The molecule has 1 heterocycles. The summed E-state index contributed by atoms with van der Waals surface area (Å²) in [5.74, 6) is 0.653. The van der Waals surface area contributed by atoms with Gasteiger partial charge in [0, 0.05) is 24.2 Å². The van der Waals surface area contributed by atoms with Crippen LogP contribution in [0.1, 0.15) is 38.1 Å². The molecular formula is C22H30N6O. The maximum atomic E-state index is 13.2. The molecule has 0 aliphatic heterocycles. The average Bonchev–Trinajstić information content (AvgIpc) is 3.10. The molecule has 3 aromatic rings. The van der Waals surface area contributed by atoms with Gasteiger partial charge in [-0.3, -0.25) is 9.89 Å². The minimum Gasteiger partial charge on any atom is -0.397 e. The molecule has 0 saturated heterocycles. The first-order valence-corrected chi connectivity index (χ1v) is 9.93. The van der Waals surface area contributed by atoms with E-state index in [1.54, 1.807) is 12.3 Å². The number of nitrogens with two attached hydrogens (primary N) is 2. The Morgan fingerprint density at radius 3 is 2.38 bits per heavy atom. The zero-order valence-electron chi connectivity index (χ0n) is 17.5. The molecule has 6 N–H and O–H groups in total. The number of hydrogen-bond acceptors (Lipinski definition) is 5. The van der Waals surface area contributed by atoms with E-state index in [1.165, 1.54) is 0 Å². The number of carbonyl (C=O) groups excluding carboxylic acids is 1. The maximum Gasteiger partial charge on any atom is 0.257 e. The van der Waals surface area contributed by atoms with Crippen molar-refractivity contribution in [1.29, 1.82) is 0 Å². The Kier molecular flexibility index (Phi) is 5.96. The Hall–Kier alpha value is -3.22. The Morgan fingerprint density at radius 1 is 1.07 bits per heavy atom. The number of aromatic nitrogens is 2. The third-order valence-corrected chi connectivity index (χ3v) is 4.66. The molecule has 7 heteroatoms. The van der Waals surface area contributed by atoms with Crippen molar-refractivity contribution in [2.45, 2.75) is 27.7 Å². The molecule has 154 valence electrons. The molecule has 29 heavy (non-hydrogen) atoms. The van der Waals surface area contributed by atoms with Crippen LogP contribution in [0, 0.1) is 11.8 Å². The van der Waals surface area contributed by atoms with Gasteiger partial charge in [-0.2, -0.15) is 5.10 Å². The van der Waals surface area contributed by atoms with Crippen molar-refractivity contribution in [3.8, 4) is 0 Å². The van der Waals surface area contributed by atoms with Gasteiger partial charge in [0.15, 0.2) is 0 Å². The Morgan fingerprint density at radius 2 is 1.72 bits per heavy atom. The van der Waals surface area contributed by atoms with Crippen molar-refractivity contribution in [1.82, 2.24) is 10.2 Å². The van der Waals surface area contributed by atoms with E-state index in [4.69, 9.17) is 11.5 Å². The van der Waals surface area contributed by atoms with E-state index >= 15 is 0 Å². The largest absolute Gasteiger partial charge is 0.397 e. The summed E-state index contributed by atoms with van der Waals surface area (Å²) in [5, 5.41) is 10.9. The summed E-state index contributed by atoms with van der Waals surface area (Å²) < 4.78 is 0. The van der Waals surface area contributed by atoms with Crippen molar-refractivity contribution < 1.29 is 4.79 Å². The summed E-state index contributed by atoms with van der Waals surface area (Å²) in [7, 11) is 0. The third-order valence-electron chi connectivity index (χ3n) is 4.66. The Bertz CT molecular complexity index is 998. The second-order valence-electron chi connectivity index (χ2n) is 8.32. The predicted octanol–water partition coefficient (Wildman–Crippen LogP) is 4.10. The van der Waals surface area contributed by atoms with E-state index in [9.17, 15) is 4.79 Å². The van der Waals surface area contributed by atoms with Gasteiger partial charge < -0.3 is 21.7 Å². The van der Waals surface area contributed by atoms with Gasteiger partial charge >= 0.3 is 0 Å². The second kappa shape index (κ2) is 8.43. The van der Waals surface area contributed by atoms with Crippen molar-refractivity contribution in [2.75, 3.05) is 34.8 Å². The van der Waals surface area contributed by atoms with E-state index in [-0.39, 0.29) is 5.91 Å². The molecule has 1 aromatic heterocycles. The number of carbonyl (C=O) groups is 1. The van der Waals surface area contributed by atoms with Gasteiger partial charge in [0.2, 0.25) is 0 Å². The lowest BCUT2D eigenvalue weighted by Crippen LogP contribution is -2.33. The van der Waals surface area contributed by atoms with Crippen molar-refractivity contribution in [2.24, 2.45) is 11.8 Å². The molecule has 2 aromatic carbocycles. The maximum absolute atomic E-state index is 13.2. The number of fused-ring (bicyclic) bond motifs is 1. The highest BCUT2D eigenvalue weighted by Crippen LogP contribution is 2.31.